The lowest BCUT2D eigenvalue weighted by atomic mass is 10.1. The quantitative estimate of drug-likeness (QED) is 0.801. The van der Waals surface area contributed by atoms with Crippen LogP contribution in [0.1, 0.15) is 15.9 Å². The Kier molecular flexibility index (Phi) is 5.26. The minimum absolute atomic E-state index is 0.0526. The highest BCUT2D eigenvalue weighted by atomic mass is 79.9. The molecule has 0 saturated carbocycles. The standard InChI is InChI=1S/C16H15BrClNO2/c1-19(10-11-3-6-13(21-2)7-4-11)16(20)12-5-8-15(18)14(17)9-12/h3-9H,10H2,1-2H3. The van der Waals surface area contributed by atoms with Crippen LogP contribution in [0.3, 0.4) is 0 Å². The van der Waals surface area contributed by atoms with Gasteiger partial charge in [-0.05, 0) is 51.8 Å². The van der Waals surface area contributed by atoms with Crippen LogP contribution in [-0.4, -0.2) is 25.0 Å². The maximum absolute atomic E-state index is 12.4. The summed E-state index contributed by atoms with van der Waals surface area (Å²) in [6.45, 7) is 0.531. The zero-order chi connectivity index (χ0) is 15.4. The Labute approximate surface area is 137 Å². The normalized spacial score (nSPS) is 10.3. The fourth-order valence-corrected chi connectivity index (χ4v) is 2.42. The molecule has 0 aliphatic rings. The molecule has 0 fully saturated rings. The molecule has 0 bridgehead atoms. The summed E-state index contributed by atoms with van der Waals surface area (Å²) in [4.78, 5) is 14.0. The molecule has 0 spiro atoms. The average Bonchev–Trinajstić information content (AvgIpc) is 2.50. The second-order valence-electron chi connectivity index (χ2n) is 4.64. The third-order valence-corrected chi connectivity index (χ3v) is 4.31. The van der Waals surface area contributed by atoms with E-state index in [4.69, 9.17) is 16.3 Å². The summed E-state index contributed by atoms with van der Waals surface area (Å²) in [7, 11) is 3.40. The third-order valence-electron chi connectivity index (χ3n) is 3.09. The molecule has 0 aromatic heterocycles. The van der Waals surface area contributed by atoms with Gasteiger partial charge in [0.1, 0.15) is 5.75 Å². The first kappa shape index (κ1) is 15.9. The van der Waals surface area contributed by atoms with E-state index in [1.807, 2.05) is 24.3 Å². The monoisotopic (exact) mass is 367 g/mol. The smallest absolute Gasteiger partial charge is 0.253 e. The second-order valence-corrected chi connectivity index (χ2v) is 5.90. The molecule has 0 saturated heterocycles. The molecule has 0 N–H and O–H groups in total. The van der Waals surface area contributed by atoms with E-state index >= 15 is 0 Å². The average molecular weight is 369 g/mol. The zero-order valence-electron chi connectivity index (χ0n) is 11.8. The van der Waals surface area contributed by atoms with Crippen molar-refractivity contribution in [3.8, 4) is 5.75 Å². The number of carbonyl (C=O) groups excluding carboxylic acids is 1. The number of hydrogen-bond acceptors (Lipinski definition) is 2. The number of ether oxygens (including phenoxy) is 1. The van der Waals surface area contributed by atoms with Crippen LogP contribution >= 0.6 is 27.5 Å². The number of methoxy groups -OCH3 is 1. The van der Waals surface area contributed by atoms with Crippen LogP contribution in [0.4, 0.5) is 0 Å². The molecule has 0 aliphatic carbocycles. The highest BCUT2D eigenvalue weighted by Crippen LogP contribution is 2.24. The molecule has 0 atom stereocenters. The molecule has 0 radical (unpaired) electrons. The van der Waals surface area contributed by atoms with E-state index in [0.29, 0.717) is 21.6 Å². The molecule has 110 valence electrons. The molecule has 0 heterocycles. The van der Waals surface area contributed by atoms with Gasteiger partial charge in [-0.2, -0.15) is 0 Å². The second kappa shape index (κ2) is 6.96. The van der Waals surface area contributed by atoms with Gasteiger partial charge < -0.3 is 9.64 Å². The summed E-state index contributed by atoms with van der Waals surface area (Å²) in [6.07, 6.45) is 0. The third kappa shape index (κ3) is 3.99. The highest BCUT2D eigenvalue weighted by Gasteiger charge is 2.13. The molecular formula is C16H15BrClNO2. The van der Waals surface area contributed by atoms with Crippen molar-refractivity contribution >= 4 is 33.4 Å². The van der Waals surface area contributed by atoms with Crippen LogP contribution in [0.15, 0.2) is 46.9 Å². The number of amides is 1. The fraction of sp³-hybridized carbons (Fsp3) is 0.188. The summed E-state index contributed by atoms with van der Waals surface area (Å²) in [5, 5.41) is 0.587. The van der Waals surface area contributed by atoms with Crippen molar-refractivity contribution in [3.63, 3.8) is 0 Å². The Morgan fingerprint density at radius 2 is 1.90 bits per heavy atom. The van der Waals surface area contributed by atoms with E-state index in [1.165, 1.54) is 0 Å². The maximum Gasteiger partial charge on any atom is 0.253 e. The number of nitrogens with zero attached hydrogens (tertiary/aromatic N) is 1. The van der Waals surface area contributed by atoms with Crippen molar-refractivity contribution in [2.75, 3.05) is 14.2 Å². The minimum atomic E-state index is -0.0526. The van der Waals surface area contributed by atoms with Crippen molar-refractivity contribution in [1.29, 1.82) is 0 Å². The summed E-state index contributed by atoms with van der Waals surface area (Å²) in [5.74, 6) is 0.748. The topological polar surface area (TPSA) is 29.5 Å². The van der Waals surface area contributed by atoms with Gasteiger partial charge in [-0.25, -0.2) is 0 Å². The molecule has 5 heteroatoms. The Hall–Kier alpha value is -1.52. The van der Waals surface area contributed by atoms with Gasteiger partial charge >= 0.3 is 0 Å². The van der Waals surface area contributed by atoms with E-state index in [9.17, 15) is 4.79 Å². The molecule has 0 aliphatic heterocycles. The molecule has 2 rings (SSSR count). The molecule has 2 aromatic rings. The van der Waals surface area contributed by atoms with Crippen LogP contribution in [-0.2, 0) is 6.54 Å². The number of hydrogen-bond donors (Lipinski definition) is 0. The lowest BCUT2D eigenvalue weighted by molar-refractivity contribution is 0.0785. The van der Waals surface area contributed by atoms with Crippen molar-refractivity contribution in [2.24, 2.45) is 0 Å². The zero-order valence-corrected chi connectivity index (χ0v) is 14.1. The fourth-order valence-electron chi connectivity index (χ4n) is 1.93. The highest BCUT2D eigenvalue weighted by molar-refractivity contribution is 9.10. The molecular weight excluding hydrogens is 354 g/mol. The number of benzene rings is 2. The van der Waals surface area contributed by atoms with Gasteiger partial charge in [0.2, 0.25) is 0 Å². The van der Waals surface area contributed by atoms with E-state index in [-0.39, 0.29) is 5.91 Å². The van der Waals surface area contributed by atoms with Crippen LogP contribution < -0.4 is 4.74 Å². The predicted molar refractivity (Wildman–Crippen MR) is 87.9 cm³/mol. The maximum atomic E-state index is 12.4. The summed E-state index contributed by atoms with van der Waals surface area (Å²) in [6, 6.07) is 12.8. The molecule has 2 aromatic carbocycles. The first-order chi connectivity index (χ1) is 10.0. The van der Waals surface area contributed by atoms with Gasteiger partial charge in [0.25, 0.3) is 5.91 Å². The van der Waals surface area contributed by atoms with Crippen LogP contribution in [0, 0.1) is 0 Å². The lowest BCUT2D eigenvalue weighted by Crippen LogP contribution is -2.26. The van der Waals surface area contributed by atoms with Gasteiger partial charge in [-0.1, -0.05) is 23.7 Å². The molecule has 21 heavy (non-hydrogen) atoms. The molecule has 1 amide bonds. The van der Waals surface area contributed by atoms with Gasteiger partial charge in [0, 0.05) is 23.6 Å². The lowest BCUT2D eigenvalue weighted by Gasteiger charge is -2.18. The Bertz CT molecular complexity index is 643. The summed E-state index contributed by atoms with van der Waals surface area (Å²) in [5.41, 5.74) is 1.64. The predicted octanol–water partition coefficient (Wildman–Crippen LogP) is 4.38. The van der Waals surface area contributed by atoms with E-state index in [1.54, 1.807) is 37.3 Å². The van der Waals surface area contributed by atoms with Gasteiger partial charge in [-0.3, -0.25) is 4.79 Å². The summed E-state index contributed by atoms with van der Waals surface area (Å²) < 4.78 is 5.83. The van der Waals surface area contributed by atoms with Crippen molar-refractivity contribution in [3.05, 3.63) is 63.1 Å². The first-order valence-corrected chi connectivity index (χ1v) is 7.52. The van der Waals surface area contributed by atoms with E-state index < -0.39 is 0 Å². The van der Waals surface area contributed by atoms with Crippen molar-refractivity contribution in [1.82, 2.24) is 4.90 Å². The van der Waals surface area contributed by atoms with E-state index in [0.717, 1.165) is 11.3 Å². The SMILES string of the molecule is COc1ccc(CN(C)C(=O)c2ccc(Cl)c(Br)c2)cc1. The van der Waals surface area contributed by atoms with E-state index in [2.05, 4.69) is 15.9 Å². The molecule has 0 unspecified atom stereocenters. The number of carbonyl (C=O) groups is 1. The minimum Gasteiger partial charge on any atom is -0.497 e. The van der Waals surface area contributed by atoms with Crippen molar-refractivity contribution < 1.29 is 9.53 Å². The number of rotatable bonds is 4. The van der Waals surface area contributed by atoms with Crippen LogP contribution in [0.2, 0.25) is 5.02 Å². The Morgan fingerprint density at radius 3 is 2.48 bits per heavy atom. The summed E-state index contributed by atoms with van der Waals surface area (Å²) >= 11 is 9.27. The van der Waals surface area contributed by atoms with Gasteiger partial charge in [-0.15, -0.1) is 0 Å². The van der Waals surface area contributed by atoms with Gasteiger partial charge in [0.05, 0.1) is 12.1 Å². The van der Waals surface area contributed by atoms with Crippen LogP contribution in [0.25, 0.3) is 0 Å². The largest absolute Gasteiger partial charge is 0.497 e. The first-order valence-electron chi connectivity index (χ1n) is 6.34. The van der Waals surface area contributed by atoms with Crippen molar-refractivity contribution in [2.45, 2.75) is 6.54 Å². The Morgan fingerprint density at radius 1 is 1.24 bits per heavy atom. The van der Waals surface area contributed by atoms with Crippen LogP contribution in [0.5, 0.6) is 5.75 Å². The van der Waals surface area contributed by atoms with Gasteiger partial charge in [0.15, 0.2) is 0 Å². The number of halogens is 2. The molecule has 3 nitrogen and oxygen atoms in total. The Balaban J connectivity index is 2.09.